The normalized spacial score (nSPS) is 9.83. The van der Waals surface area contributed by atoms with Crippen LogP contribution in [0.15, 0.2) is 24.3 Å². The summed E-state index contributed by atoms with van der Waals surface area (Å²) >= 11 is 0. The van der Waals surface area contributed by atoms with Gasteiger partial charge in [-0.2, -0.15) is 0 Å². The van der Waals surface area contributed by atoms with E-state index >= 15 is 0 Å². The molecule has 2 heteroatoms. The van der Waals surface area contributed by atoms with Crippen molar-refractivity contribution in [2.45, 2.75) is 19.9 Å². The summed E-state index contributed by atoms with van der Waals surface area (Å²) in [6.45, 7) is 2.35. The number of benzene rings is 1. The monoisotopic (exact) mass is 163 g/mol. The second-order valence-corrected chi connectivity index (χ2v) is 2.68. The minimum absolute atomic E-state index is 0.172. The second-order valence-electron chi connectivity index (χ2n) is 2.68. The molecule has 12 heavy (non-hydrogen) atoms. The molecular weight excluding hydrogens is 150 g/mol. The zero-order valence-corrected chi connectivity index (χ0v) is 7.21. The van der Waals surface area contributed by atoms with Crippen LogP contribution in [0, 0.1) is 0 Å². The van der Waals surface area contributed by atoms with Gasteiger partial charge in [-0.05, 0) is 11.6 Å². The van der Waals surface area contributed by atoms with Crippen LogP contribution in [0.2, 0.25) is 0 Å². The Bertz CT molecular complexity index is 281. The maximum absolute atomic E-state index is 11.2. The number of hydrogen-bond donors (Lipinski definition) is 1. The van der Waals surface area contributed by atoms with Gasteiger partial charge >= 0.3 is 0 Å². The van der Waals surface area contributed by atoms with Crippen molar-refractivity contribution < 1.29 is 4.79 Å². The Morgan fingerprint density at radius 1 is 1.50 bits per heavy atom. The van der Waals surface area contributed by atoms with Crippen molar-refractivity contribution in [3.05, 3.63) is 35.4 Å². The van der Waals surface area contributed by atoms with Crippen molar-refractivity contribution in [2.75, 3.05) is 0 Å². The fraction of sp³-hybridized carbons (Fsp3) is 0.300. The van der Waals surface area contributed by atoms with E-state index in [1.54, 1.807) is 0 Å². The molecule has 2 N–H and O–H groups in total. The van der Waals surface area contributed by atoms with Gasteiger partial charge in [0.1, 0.15) is 0 Å². The Morgan fingerprint density at radius 3 is 2.83 bits per heavy atom. The van der Waals surface area contributed by atoms with Gasteiger partial charge in [0.05, 0.1) is 0 Å². The van der Waals surface area contributed by atoms with E-state index in [2.05, 4.69) is 0 Å². The zero-order chi connectivity index (χ0) is 8.97. The van der Waals surface area contributed by atoms with Crippen molar-refractivity contribution in [1.82, 2.24) is 0 Å². The lowest BCUT2D eigenvalue weighted by atomic mass is 10.1. The number of carbonyl (C=O) groups is 1. The maximum Gasteiger partial charge on any atom is 0.162 e. The molecule has 0 fully saturated rings. The molecule has 0 atom stereocenters. The topological polar surface area (TPSA) is 43.1 Å². The van der Waals surface area contributed by atoms with E-state index in [9.17, 15) is 4.79 Å². The van der Waals surface area contributed by atoms with E-state index in [1.165, 1.54) is 0 Å². The lowest BCUT2D eigenvalue weighted by Gasteiger charge is -2.00. The maximum atomic E-state index is 11.2. The second kappa shape index (κ2) is 4.02. The Hall–Kier alpha value is -1.15. The van der Waals surface area contributed by atoms with Gasteiger partial charge in [0.15, 0.2) is 5.78 Å². The Morgan fingerprint density at radius 2 is 2.25 bits per heavy atom. The predicted octanol–water partition coefficient (Wildman–Crippen LogP) is 1.74. The van der Waals surface area contributed by atoms with Gasteiger partial charge in [0, 0.05) is 18.5 Å². The molecule has 0 aliphatic rings. The van der Waals surface area contributed by atoms with Crippen molar-refractivity contribution in [3.8, 4) is 0 Å². The van der Waals surface area contributed by atoms with Crippen LogP contribution in [-0.2, 0) is 6.54 Å². The van der Waals surface area contributed by atoms with Crippen LogP contribution in [0.5, 0.6) is 0 Å². The van der Waals surface area contributed by atoms with E-state index in [-0.39, 0.29) is 5.78 Å². The Labute approximate surface area is 72.4 Å². The molecule has 64 valence electrons. The molecule has 0 amide bonds. The van der Waals surface area contributed by atoms with Crippen LogP contribution in [0.4, 0.5) is 0 Å². The van der Waals surface area contributed by atoms with Gasteiger partial charge in [0.25, 0.3) is 0 Å². The zero-order valence-electron chi connectivity index (χ0n) is 7.21. The van der Waals surface area contributed by atoms with Gasteiger partial charge in [-0.1, -0.05) is 25.1 Å². The van der Waals surface area contributed by atoms with Crippen molar-refractivity contribution in [3.63, 3.8) is 0 Å². The molecule has 0 bridgehead atoms. The fourth-order valence-electron chi connectivity index (χ4n) is 1.08. The first-order valence-corrected chi connectivity index (χ1v) is 4.10. The standard InChI is InChI=1S/C10H13NO/c1-2-10(12)9-5-3-4-8(6-9)7-11/h3-6H,2,7,11H2,1H3. The SMILES string of the molecule is CCC(=O)c1cccc(CN)c1. The first-order chi connectivity index (χ1) is 5.77. The Balaban J connectivity index is 2.93. The minimum atomic E-state index is 0.172. The third kappa shape index (κ3) is 1.92. The van der Waals surface area contributed by atoms with E-state index in [4.69, 9.17) is 5.73 Å². The van der Waals surface area contributed by atoms with Gasteiger partial charge in [-0.3, -0.25) is 4.79 Å². The molecule has 2 nitrogen and oxygen atoms in total. The van der Waals surface area contributed by atoms with Crippen LogP contribution in [0.1, 0.15) is 29.3 Å². The van der Waals surface area contributed by atoms with Crippen LogP contribution in [0.25, 0.3) is 0 Å². The smallest absolute Gasteiger partial charge is 0.162 e. The van der Waals surface area contributed by atoms with Crippen molar-refractivity contribution in [2.24, 2.45) is 5.73 Å². The molecule has 0 aliphatic heterocycles. The average molecular weight is 163 g/mol. The van der Waals surface area contributed by atoms with Gasteiger partial charge in [0.2, 0.25) is 0 Å². The summed E-state index contributed by atoms with van der Waals surface area (Å²) in [4.78, 5) is 11.2. The van der Waals surface area contributed by atoms with E-state index in [0.717, 1.165) is 11.1 Å². The van der Waals surface area contributed by atoms with Crippen molar-refractivity contribution >= 4 is 5.78 Å². The van der Waals surface area contributed by atoms with Gasteiger partial charge in [-0.15, -0.1) is 0 Å². The first kappa shape index (κ1) is 8.94. The summed E-state index contributed by atoms with van der Waals surface area (Å²) in [5.74, 6) is 0.172. The molecule has 1 aromatic rings. The molecule has 0 saturated carbocycles. The highest BCUT2D eigenvalue weighted by Gasteiger charge is 2.01. The van der Waals surface area contributed by atoms with Crippen LogP contribution in [0.3, 0.4) is 0 Å². The average Bonchev–Trinajstić information content (AvgIpc) is 2.17. The Kier molecular flexibility index (Phi) is 3.00. The number of nitrogens with two attached hydrogens (primary N) is 1. The molecule has 1 aromatic carbocycles. The first-order valence-electron chi connectivity index (χ1n) is 4.10. The summed E-state index contributed by atoms with van der Waals surface area (Å²) in [6, 6.07) is 7.47. The van der Waals surface area contributed by atoms with Crippen LogP contribution >= 0.6 is 0 Å². The van der Waals surface area contributed by atoms with E-state index in [1.807, 2.05) is 31.2 Å². The minimum Gasteiger partial charge on any atom is -0.326 e. The number of Topliss-reactive ketones (excluding diaryl/α,β-unsaturated/α-hetero) is 1. The lowest BCUT2D eigenvalue weighted by Crippen LogP contribution is -2.00. The number of hydrogen-bond acceptors (Lipinski definition) is 2. The molecule has 0 aromatic heterocycles. The highest BCUT2D eigenvalue weighted by Crippen LogP contribution is 2.06. The largest absolute Gasteiger partial charge is 0.326 e. The summed E-state index contributed by atoms with van der Waals surface area (Å²) in [7, 11) is 0. The predicted molar refractivity (Wildman–Crippen MR) is 49.0 cm³/mol. The highest BCUT2D eigenvalue weighted by molar-refractivity contribution is 5.95. The third-order valence-electron chi connectivity index (χ3n) is 1.81. The molecule has 0 saturated heterocycles. The summed E-state index contributed by atoms with van der Waals surface area (Å²) < 4.78 is 0. The van der Waals surface area contributed by atoms with Gasteiger partial charge < -0.3 is 5.73 Å². The van der Waals surface area contributed by atoms with E-state index < -0.39 is 0 Å². The number of ketones is 1. The summed E-state index contributed by atoms with van der Waals surface area (Å²) in [5, 5.41) is 0. The number of carbonyl (C=O) groups excluding carboxylic acids is 1. The molecule has 0 aliphatic carbocycles. The molecular formula is C10H13NO. The lowest BCUT2D eigenvalue weighted by molar-refractivity contribution is 0.0988. The fourth-order valence-corrected chi connectivity index (χ4v) is 1.08. The van der Waals surface area contributed by atoms with Gasteiger partial charge in [-0.25, -0.2) is 0 Å². The van der Waals surface area contributed by atoms with Crippen molar-refractivity contribution in [1.29, 1.82) is 0 Å². The molecule has 1 rings (SSSR count). The molecule has 0 unspecified atom stereocenters. The molecule has 0 radical (unpaired) electrons. The molecule has 0 spiro atoms. The third-order valence-corrected chi connectivity index (χ3v) is 1.81. The number of rotatable bonds is 3. The quantitative estimate of drug-likeness (QED) is 0.690. The van der Waals surface area contributed by atoms with E-state index in [0.29, 0.717) is 13.0 Å². The highest BCUT2D eigenvalue weighted by atomic mass is 16.1. The van der Waals surface area contributed by atoms with Crippen LogP contribution < -0.4 is 5.73 Å². The van der Waals surface area contributed by atoms with Crippen LogP contribution in [-0.4, -0.2) is 5.78 Å². The molecule has 0 heterocycles. The summed E-state index contributed by atoms with van der Waals surface area (Å²) in [6.07, 6.45) is 0.550. The summed E-state index contributed by atoms with van der Waals surface area (Å²) in [5.41, 5.74) is 7.22.